The third kappa shape index (κ3) is 1.74. The summed E-state index contributed by atoms with van der Waals surface area (Å²) in [6.45, 7) is 4.07. The Balaban J connectivity index is 2.04. The number of aromatic nitrogens is 1. The number of pyridine rings is 1. The van der Waals surface area contributed by atoms with Gasteiger partial charge in [0.2, 0.25) is 0 Å². The van der Waals surface area contributed by atoms with E-state index in [-0.39, 0.29) is 0 Å². The summed E-state index contributed by atoms with van der Waals surface area (Å²) in [6, 6.07) is 8.64. The molecule has 0 radical (unpaired) electrons. The van der Waals surface area contributed by atoms with Gasteiger partial charge in [-0.1, -0.05) is 0 Å². The standard InChI is InChI=1S/C15H16N4S/c1-8-6-18-15-12(7-17-8)20-11-4-3-10-9(14(11)15)2-5-13(16)19-10/h2-5,8,17-18H,6-7H2,1H3,(H2,16,19)/t8-/m1/s1. The molecule has 0 aliphatic carbocycles. The topological polar surface area (TPSA) is 63.0 Å². The smallest absolute Gasteiger partial charge is 0.124 e. The number of anilines is 2. The van der Waals surface area contributed by atoms with E-state index in [1.165, 1.54) is 26.0 Å². The van der Waals surface area contributed by atoms with E-state index in [0.29, 0.717) is 11.9 Å². The molecule has 3 aromatic rings. The van der Waals surface area contributed by atoms with Gasteiger partial charge in [-0.25, -0.2) is 4.98 Å². The fourth-order valence-corrected chi connectivity index (χ4v) is 3.92. The lowest BCUT2D eigenvalue weighted by Crippen LogP contribution is -2.29. The molecule has 102 valence electrons. The van der Waals surface area contributed by atoms with Gasteiger partial charge in [-0.15, -0.1) is 11.3 Å². The van der Waals surface area contributed by atoms with Crippen molar-refractivity contribution in [3.8, 4) is 0 Å². The first-order valence-corrected chi connectivity index (χ1v) is 7.62. The van der Waals surface area contributed by atoms with Crippen LogP contribution >= 0.6 is 11.3 Å². The predicted molar refractivity (Wildman–Crippen MR) is 86.3 cm³/mol. The monoisotopic (exact) mass is 284 g/mol. The minimum absolute atomic E-state index is 0.480. The number of nitrogens with one attached hydrogen (secondary N) is 2. The summed E-state index contributed by atoms with van der Waals surface area (Å²) in [6.07, 6.45) is 0. The minimum atomic E-state index is 0.480. The summed E-state index contributed by atoms with van der Waals surface area (Å²) >= 11 is 1.85. The zero-order chi connectivity index (χ0) is 13.7. The number of nitrogens with two attached hydrogens (primary N) is 1. The van der Waals surface area contributed by atoms with Crippen molar-refractivity contribution in [3.05, 3.63) is 29.1 Å². The summed E-state index contributed by atoms with van der Waals surface area (Å²) < 4.78 is 1.30. The van der Waals surface area contributed by atoms with Gasteiger partial charge in [0, 0.05) is 39.5 Å². The highest BCUT2D eigenvalue weighted by Crippen LogP contribution is 2.40. The SMILES string of the molecule is C[C@@H]1CNc2c(sc3ccc4nc(N)ccc4c23)CN1. The highest BCUT2D eigenvalue weighted by molar-refractivity contribution is 7.20. The number of thiophene rings is 1. The summed E-state index contributed by atoms with van der Waals surface area (Å²) in [5.41, 5.74) is 8.02. The van der Waals surface area contributed by atoms with Crippen LogP contribution in [0.3, 0.4) is 0 Å². The van der Waals surface area contributed by atoms with E-state index in [1.54, 1.807) is 0 Å². The Kier molecular flexibility index (Phi) is 2.58. The first-order valence-electron chi connectivity index (χ1n) is 6.80. The van der Waals surface area contributed by atoms with Gasteiger partial charge in [-0.05, 0) is 31.2 Å². The van der Waals surface area contributed by atoms with Gasteiger partial charge in [0.25, 0.3) is 0 Å². The van der Waals surface area contributed by atoms with Crippen molar-refractivity contribution in [1.82, 2.24) is 10.3 Å². The number of rotatable bonds is 0. The fourth-order valence-electron chi connectivity index (χ4n) is 2.77. The molecule has 4 nitrogen and oxygen atoms in total. The zero-order valence-electron chi connectivity index (χ0n) is 11.2. The molecule has 0 amide bonds. The molecule has 0 fully saturated rings. The molecule has 1 aromatic carbocycles. The van der Waals surface area contributed by atoms with E-state index in [2.05, 4.69) is 40.7 Å². The van der Waals surface area contributed by atoms with Crippen LogP contribution in [0, 0.1) is 0 Å². The largest absolute Gasteiger partial charge is 0.384 e. The maximum atomic E-state index is 5.79. The van der Waals surface area contributed by atoms with E-state index < -0.39 is 0 Å². The van der Waals surface area contributed by atoms with Gasteiger partial charge in [0.1, 0.15) is 5.82 Å². The number of hydrogen-bond donors (Lipinski definition) is 3. The fraction of sp³-hybridized carbons (Fsp3) is 0.267. The highest BCUT2D eigenvalue weighted by atomic mass is 32.1. The number of nitrogens with zero attached hydrogens (tertiary/aromatic N) is 1. The first-order chi connectivity index (χ1) is 9.72. The van der Waals surface area contributed by atoms with E-state index in [0.717, 1.165) is 18.6 Å². The second kappa shape index (κ2) is 4.33. The predicted octanol–water partition coefficient (Wildman–Crippen LogP) is 2.94. The van der Waals surface area contributed by atoms with Gasteiger partial charge in [0.05, 0.1) is 11.2 Å². The third-order valence-corrected chi connectivity index (χ3v) is 4.97. The lowest BCUT2D eigenvalue weighted by molar-refractivity contribution is 0.584. The van der Waals surface area contributed by atoms with Gasteiger partial charge in [0.15, 0.2) is 0 Å². The highest BCUT2D eigenvalue weighted by Gasteiger charge is 2.18. The number of nitrogen functional groups attached to an aromatic ring is 1. The summed E-state index contributed by atoms with van der Waals surface area (Å²) in [4.78, 5) is 5.80. The summed E-state index contributed by atoms with van der Waals surface area (Å²) in [7, 11) is 0. The lowest BCUT2D eigenvalue weighted by atomic mass is 10.1. The zero-order valence-corrected chi connectivity index (χ0v) is 12.1. The molecule has 3 heterocycles. The maximum Gasteiger partial charge on any atom is 0.124 e. The Hall–Kier alpha value is -1.85. The summed E-state index contributed by atoms with van der Waals surface area (Å²) in [5.74, 6) is 0.571. The van der Waals surface area contributed by atoms with Crippen LogP contribution in [-0.4, -0.2) is 17.6 Å². The molecule has 0 spiro atoms. The van der Waals surface area contributed by atoms with Crippen LogP contribution in [0.4, 0.5) is 11.5 Å². The molecule has 4 N–H and O–H groups in total. The van der Waals surface area contributed by atoms with E-state index >= 15 is 0 Å². The Morgan fingerprint density at radius 2 is 2.20 bits per heavy atom. The van der Waals surface area contributed by atoms with Gasteiger partial charge < -0.3 is 16.4 Å². The molecule has 1 aliphatic heterocycles. The molecular formula is C15H16N4S. The lowest BCUT2D eigenvalue weighted by Gasteiger charge is -2.10. The maximum absolute atomic E-state index is 5.79. The number of fused-ring (bicyclic) bond motifs is 5. The Labute approximate surface area is 121 Å². The van der Waals surface area contributed by atoms with E-state index in [1.807, 2.05) is 17.4 Å². The molecule has 20 heavy (non-hydrogen) atoms. The van der Waals surface area contributed by atoms with Crippen LogP contribution in [0.2, 0.25) is 0 Å². The second-order valence-corrected chi connectivity index (χ2v) is 6.44. The van der Waals surface area contributed by atoms with Crippen LogP contribution in [0.1, 0.15) is 11.8 Å². The summed E-state index contributed by atoms with van der Waals surface area (Å²) in [5, 5.41) is 9.58. The molecular weight excluding hydrogens is 268 g/mol. The third-order valence-electron chi connectivity index (χ3n) is 3.81. The van der Waals surface area contributed by atoms with E-state index in [9.17, 15) is 0 Å². The van der Waals surface area contributed by atoms with E-state index in [4.69, 9.17) is 5.73 Å². The van der Waals surface area contributed by atoms with Crippen LogP contribution in [0.5, 0.6) is 0 Å². The molecule has 0 saturated carbocycles. The minimum Gasteiger partial charge on any atom is -0.384 e. The molecule has 4 rings (SSSR count). The van der Waals surface area contributed by atoms with Crippen molar-refractivity contribution >= 4 is 43.8 Å². The Bertz CT molecular complexity index is 808. The van der Waals surface area contributed by atoms with Gasteiger partial charge >= 0.3 is 0 Å². The van der Waals surface area contributed by atoms with Crippen molar-refractivity contribution in [3.63, 3.8) is 0 Å². The average Bonchev–Trinajstić information content (AvgIpc) is 2.70. The van der Waals surface area contributed by atoms with Crippen molar-refractivity contribution in [2.24, 2.45) is 0 Å². The van der Waals surface area contributed by atoms with Gasteiger partial charge in [-0.3, -0.25) is 0 Å². The molecule has 0 saturated heterocycles. The normalized spacial score (nSPS) is 18.8. The van der Waals surface area contributed by atoms with Crippen LogP contribution in [0.15, 0.2) is 24.3 Å². The average molecular weight is 284 g/mol. The molecule has 1 atom stereocenters. The quantitative estimate of drug-likeness (QED) is 0.594. The molecule has 0 bridgehead atoms. The van der Waals surface area contributed by atoms with Gasteiger partial charge in [-0.2, -0.15) is 0 Å². The first kappa shape index (κ1) is 11.9. The van der Waals surface area contributed by atoms with Crippen LogP contribution in [0.25, 0.3) is 21.0 Å². The Morgan fingerprint density at radius 3 is 3.10 bits per heavy atom. The van der Waals surface area contributed by atoms with Crippen molar-refractivity contribution in [2.75, 3.05) is 17.6 Å². The number of benzene rings is 1. The van der Waals surface area contributed by atoms with Crippen molar-refractivity contribution in [2.45, 2.75) is 19.5 Å². The number of hydrogen-bond acceptors (Lipinski definition) is 5. The Morgan fingerprint density at radius 1 is 1.30 bits per heavy atom. The van der Waals surface area contributed by atoms with Crippen molar-refractivity contribution in [1.29, 1.82) is 0 Å². The molecule has 0 unspecified atom stereocenters. The van der Waals surface area contributed by atoms with Crippen LogP contribution in [-0.2, 0) is 6.54 Å². The van der Waals surface area contributed by atoms with Crippen molar-refractivity contribution < 1.29 is 0 Å². The molecule has 1 aliphatic rings. The molecule has 5 heteroatoms. The van der Waals surface area contributed by atoms with Crippen LogP contribution < -0.4 is 16.4 Å². The molecule has 2 aromatic heterocycles. The second-order valence-electron chi connectivity index (χ2n) is 5.30.